The highest BCUT2D eigenvalue weighted by Gasteiger charge is 2.38. The number of halogens is 2. The molecule has 8 heteroatoms. The number of esters is 1. The SMILES string of the molecule is COC(=O)c1ccc([C@]2(F)CCCN(c3cc(Cl)nnc3N)C2)cc1. The van der Waals surface area contributed by atoms with E-state index in [2.05, 4.69) is 14.9 Å². The summed E-state index contributed by atoms with van der Waals surface area (Å²) in [6.45, 7) is 0.773. The van der Waals surface area contributed by atoms with Crippen molar-refractivity contribution in [2.75, 3.05) is 30.8 Å². The minimum Gasteiger partial charge on any atom is -0.465 e. The standard InChI is InChI=1S/C17H18ClFN4O2/c1-25-16(24)11-3-5-12(6-4-11)17(19)7-2-8-23(10-17)13-9-14(18)21-22-15(13)20/h3-6,9H,2,7-8,10H2,1H3,(H2,20,22)/t17-/m0/s1. The number of nitrogen functional groups attached to an aromatic ring is 1. The molecule has 0 aliphatic carbocycles. The van der Waals surface area contributed by atoms with Crippen molar-refractivity contribution < 1.29 is 13.9 Å². The van der Waals surface area contributed by atoms with Crippen LogP contribution in [0.15, 0.2) is 30.3 Å². The Labute approximate surface area is 149 Å². The topological polar surface area (TPSA) is 81.3 Å². The lowest BCUT2D eigenvalue weighted by molar-refractivity contribution is 0.0600. The van der Waals surface area contributed by atoms with Gasteiger partial charge in [-0.15, -0.1) is 10.2 Å². The molecule has 0 saturated carbocycles. The molecule has 0 amide bonds. The van der Waals surface area contributed by atoms with E-state index in [1.54, 1.807) is 30.3 Å². The molecule has 0 bridgehead atoms. The van der Waals surface area contributed by atoms with E-state index in [1.165, 1.54) is 7.11 Å². The first-order valence-corrected chi connectivity index (χ1v) is 8.22. The number of methoxy groups -OCH3 is 1. The fourth-order valence-electron chi connectivity index (χ4n) is 3.10. The van der Waals surface area contributed by atoms with E-state index in [0.29, 0.717) is 36.2 Å². The van der Waals surface area contributed by atoms with Gasteiger partial charge in [0.25, 0.3) is 0 Å². The molecular weight excluding hydrogens is 347 g/mol. The number of hydrogen-bond donors (Lipinski definition) is 1. The van der Waals surface area contributed by atoms with Crippen molar-refractivity contribution >= 4 is 29.1 Å². The van der Waals surface area contributed by atoms with Crippen LogP contribution >= 0.6 is 11.6 Å². The van der Waals surface area contributed by atoms with Gasteiger partial charge in [0, 0.05) is 12.6 Å². The number of nitrogens with zero attached hydrogens (tertiary/aromatic N) is 3. The van der Waals surface area contributed by atoms with E-state index in [1.807, 2.05) is 4.90 Å². The Hall–Kier alpha value is -2.41. The predicted molar refractivity (Wildman–Crippen MR) is 93.5 cm³/mol. The summed E-state index contributed by atoms with van der Waals surface area (Å²) in [5.41, 5.74) is 5.78. The number of carbonyl (C=O) groups is 1. The van der Waals surface area contributed by atoms with Crippen LogP contribution in [-0.2, 0) is 10.4 Å². The zero-order valence-corrected chi connectivity index (χ0v) is 14.5. The van der Waals surface area contributed by atoms with E-state index in [0.717, 1.165) is 0 Å². The van der Waals surface area contributed by atoms with Gasteiger partial charge in [-0.25, -0.2) is 9.18 Å². The van der Waals surface area contributed by atoms with E-state index in [-0.39, 0.29) is 17.5 Å². The maximum Gasteiger partial charge on any atom is 0.337 e. The first-order chi connectivity index (χ1) is 11.9. The monoisotopic (exact) mass is 364 g/mol. The van der Waals surface area contributed by atoms with Crippen molar-refractivity contribution in [3.8, 4) is 0 Å². The molecule has 0 unspecified atom stereocenters. The number of carbonyl (C=O) groups excluding carboxylic acids is 1. The van der Waals surface area contributed by atoms with E-state index >= 15 is 4.39 Å². The number of rotatable bonds is 3. The predicted octanol–water partition coefficient (Wildman–Crippen LogP) is 2.96. The van der Waals surface area contributed by atoms with Crippen LogP contribution in [0.1, 0.15) is 28.8 Å². The van der Waals surface area contributed by atoms with Crippen molar-refractivity contribution in [3.05, 3.63) is 46.6 Å². The molecule has 3 rings (SSSR count). The highest BCUT2D eigenvalue weighted by Crippen LogP contribution is 2.38. The summed E-state index contributed by atoms with van der Waals surface area (Å²) in [5.74, 6) is -0.232. The molecule has 1 saturated heterocycles. The van der Waals surface area contributed by atoms with Gasteiger partial charge >= 0.3 is 5.97 Å². The Kier molecular flexibility index (Phi) is 4.76. The summed E-state index contributed by atoms with van der Waals surface area (Å²) in [6, 6.07) is 7.98. The molecule has 2 aromatic rings. The lowest BCUT2D eigenvalue weighted by Crippen LogP contribution is -2.44. The van der Waals surface area contributed by atoms with Crippen molar-refractivity contribution in [2.24, 2.45) is 0 Å². The highest BCUT2D eigenvalue weighted by atomic mass is 35.5. The van der Waals surface area contributed by atoms with Crippen LogP contribution in [0, 0.1) is 0 Å². The van der Waals surface area contributed by atoms with E-state index in [4.69, 9.17) is 17.3 Å². The molecule has 0 radical (unpaired) electrons. The number of nitrogens with two attached hydrogens (primary N) is 1. The number of ether oxygens (including phenoxy) is 1. The van der Waals surface area contributed by atoms with Crippen LogP contribution in [-0.4, -0.2) is 36.4 Å². The number of anilines is 2. The summed E-state index contributed by atoms with van der Waals surface area (Å²) < 4.78 is 20.3. The molecular formula is C17H18ClFN4O2. The highest BCUT2D eigenvalue weighted by molar-refractivity contribution is 6.29. The van der Waals surface area contributed by atoms with Crippen LogP contribution in [0.2, 0.25) is 5.15 Å². The second kappa shape index (κ2) is 6.84. The fraction of sp³-hybridized carbons (Fsp3) is 0.353. The summed E-state index contributed by atoms with van der Waals surface area (Å²) in [6.07, 6.45) is 1.03. The lowest BCUT2D eigenvalue weighted by atomic mass is 9.87. The molecule has 132 valence electrons. The Morgan fingerprint density at radius 2 is 2.08 bits per heavy atom. The molecule has 1 atom stereocenters. The van der Waals surface area contributed by atoms with Crippen LogP contribution in [0.5, 0.6) is 0 Å². The summed E-state index contributed by atoms with van der Waals surface area (Å²) in [4.78, 5) is 13.4. The van der Waals surface area contributed by atoms with Crippen LogP contribution in [0.4, 0.5) is 15.9 Å². The second-order valence-corrected chi connectivity index (χ2v) is 6.38. The van der Waals surface area contributed by atoms with Crippen LogP contribution in [0.25, 0.3) is 0 Å². The van der Waals surface area contributed by atoms with Gasteiger partial charge in [-0.2, -0.15) is 0 Å². The first kappa shape index (κ1) is 17.4. The number of aromatic nitrogens is 2. The Bertz CT molecular complexity index is 787. The largest absolute Gasteiger partial charge is 0.465 e. The second-order valence-electron chi connectivity index (χ2n) is 6.00. The molecule has 1 fully saturated rings. The zero-order chi connectivity index (χ0) is 18.0. The van der Waals surface area contributed by atoms with Crippen LogP contribution in [0.3, 0.4) is 0 Å². The van der Waals surface area contributed by atoms with Gasteiger partial charge in [-0.3, -0.25) is 0 Å². The lowest BCUT2D eigenvalue weighted by Gasteiger charge is -2.39. The Morgan fingerprint density at radius 1 is 1.36 bits per heavy atom. The molecule has 0 spiro atoms. The van der Waals surface area contributed by atoms with Gasteiger partial charge in [-0.05, 0) is 30.5 Å². The molecule has 6 nitrogen and oxygen atoms in total. The molecule has 1 aliphatic heterocycles. The van der Waals surface area contributed by atoms with Gasteiger partial charge in [0.05, 0.1) is 24.9 Å². The minimum atomic E-state index is -1.56. The molecule has 2 N–H and O–H groups in total. The van der Waals surface area contributed by atoms with Gasteiger partial charge < -0.3 is 15.4 Å². The molecule has 2 heterocycles. The third-order valence-corrected chi connectivity index (χ3v) is 4.56. The summed E-state index contributed by atoms with van der Waals surface area (Å²) in [5, 5.41) is 7.69. The van der Waals surface area contributed by atoms with Crippen molar-refractivity contribution in [2.45, 2.75) is 18.5 Å². The quantitative estimate of drug-likeness (QED) is 0.843. The van der Waals surface area contributed by atoms with Gasteiger partial charge in [-0.1, -0.05) is 23.7 Å². The van der Waals surface area contributed by atoms with Gasteiger partial charge in [0.2, 0.25) is 0 Å². The van der Waals surface area contributed by atoms with E-state index in [9.17, 15) is 4.79 Å². The summed E-state index contributed by atoms with van der Waals surface area (Å²) >= 11 is 5.89. The molecule has 1 aromatic heterocycles. The van der Waals surface area contributed by atoms with Crippen molar-refractivity contribution in [1.29, 1.82) is 0 Å². The third kappa shape index (κ3) is 3.51. The molecule has 25 heavy (non-hydrogen) atoms. The number of hydrogen-bond acceptors (Lipinski definition) is 6. The first-order valence-electron chi connectivity index (χ1n) is 7.84. The Morgan fingerprint density at radius 3 is 2.76 bits per heavy atom. The average molecular weight is 365 g/mol. The van der Waals surface area contributed by atoms with E-state index < -0.39 is 11.6 Å². The van der Waals surface area contributed by atoms with Crippen molar-refractivity contribution in [3.63, 3.8) is 0 Å². The average Bonchev–Trinajstić information content (AvgIpc) is 2.63. The smallest absolute Gasteiger partial charge is 0.337 e. The Balaban J connectivity index is 1.86. The number of alkyl halides is 1. The van der Waals surface area contributed by atoms with Crippen molar-refractivity contribution in [1.82, 2.24) is 10.2 Å². The zero-order valence-electron chi connectivity index (χ0n) is 13.7. The molecule has 1 aliphatic rings. The van der Waals surface area contributed by atoms with Crippen LogP contribution < -0.4 is 10.6 Å². The third-order valence-electron chi connectivity index (χ3n) is 4.38. The summed E-state index contributed by atoms with van der Waals surface area (Å²) in [7, 11) is 1.31. The molecule has 1 aromatic carbocycles. The minimum absolute atomic E-state index is 0.122. The normalized spacial score (nSPS) is 20.4. The fourth-order valence-corrected chi connectivity index (χ4v) is 3.24. The van der Waals surface area contributed by atoms with Gasteiger partial charge in [0.1, 0.15) is 0 Å². The number of piperidine rings is 1. The maximum atomic E-state index is 15.6. The van der Waals surface area contributed by atoms with Gasteiger partial charge in [0.15, 0.2) is 16.6 Å². The maximum absolute atomic E-state index is 15.6. The number of benzene rings is 1.